The van der Waals surface area contributed by atoms with Gasteiger partial charge in [-0.15, -0.1) is 0 Å². The summed E-state index contributed by atoms with van der Waals surface area (Å²) in [6, 6.07) is 8.51. The summed E-state index contributed by atoms with van der Waals surface area (Å²) in [4.78, 5) is 0. The van der Waals surface area contributed by atoms with Crippen LogP contribution >= 0.6 is 15.9 Å². The molecule has 19 heavy (non-hydrogen) atoms. The lowest BCUT2D eigenvalue weighted by Gasteiger charge is -2.12. The summed E-state index contributed by atoms with van der Waals surface area (Å²) < 4.78 is 27.7. The molecule has 2 aromatic rings. The van der Waals surface area contributed by atoms with Crippen molar-refractivity contribution in [3.05, 3.63) is 63.1 Å². The maximum Gasteiger partial charge on any atom is 0.150 e. The van der Waals surface area contributed by atoms with Gasteiger partial charge in [0.15, 0.2) is 0 Å². The number of aryl methyl sites for hydroxylation is 2. The Morgan fingerprint density at radius 3 is 2.32 bits per heavy atom. The van der Waals surface area contributed by atoms with Crippen LogP contribution in [0.25, 0.3) is 0 Å². The van der Waals surface area contributed by atoms with Gasteiger partial charge < -0.3 is 5.32 Å². The molecule has 0 atom stereocenters. The Labute approximate surface area is 119 Å². The van der Waals surface area contributed by atoms with Crippen molar-refractivity contribution in [1.29, 1.82) is 0 Å². The second kappa shape index (κ2) is 5.70. The Balaban J connectivity index is 2.21. The molecule has 0 amide bonds. The fourth-order valence-electron chi connectivity index (χ4n) is 1.89. The van der Waals surface area contributed by atoms with Crippen LogP contribution in [0.3, 0.4) is 0 Å². The maximum atomic E-state index is 13.7. The van der Waals surface area contributed by atoms with E-state index in [1.165, 1.54) is 12.1 Å². The SMILES string of the molecule is Cc1ccc(C)c(CNc2c(F)cc(Br)cc2F)c1. The Hall–Kier alpha value is -1.42. The minimum absolute atomic E-state index is 0.0934. The number of rotatable bonds is 3. The molecule has 0 aliphatic carbocycles. The highest BCUT2D eigenvalue weighted by atomic mass is 79.9. The van der Waals surface area contributed by atoms with Crippen LogP contribution < -0.4 is 5.32 Å². The van der Waals surface area contributed by atoms with Crippen LogP contribution in [0.15, 0.2) is 34.8 Å². The maximum absolute atomic E-state index is 13.7. The number of benzene rings is 2. The monoisotopic (exact) mass is 325 g/mol. The Kier molecular flexibility index (Phi) is 4.20. The molecule has 0 saturated carbocycles. The van der Waals surface area contributed by atoms with E-state index in [2.05, 4.69) is 21.2 Å². The number of nitrogens with one attached hydrogen (secondary N) is 1. The highest BCUT2D eigenvalue weighted by Gasteiger charge is 2.10. The first-order chi connectivity index (χ1) is 8.97. The number of halogens is 3. The summed E-state index contributed by atoms with van der Waals surface area (Å²) in [6.45, 7) is 4.36. The predicted molar refractivity (Wildman–Crippen MR) is 77.3 cm³/mol. The van der Waals surface area contributed by atoms with Crippen molar-refractivity contribution >= 4 is 21.6 Å². The third-order valence-electron chi connectivity index (χ3n) is 2.97. The highest BCUT2D eigenvalue weighted by molar-refractivity contribution is 9.10. The van der Waals surface area contributed by atoms with Crippen molar-refractivity contribution in [3.8, 4) is 0 Å². The Morgan fingerprint density at radius 2 is 1.68 bits per heavy atom. The lowest BCUT2D eigenvalue weighted by atomic mass is 10.1. The first kappa shape index (κ1) is 14.0. The zero-order valence-electron chi connectivity index (χ0n) is 10.7. The molecule has 0 aliphatic rings. The van der Waals surface area contributed by atoms with Gasteiger partial charge in [0.2, 0.25) is 0 Å². The van der Waals surface area contributed by atoms with Crippen molar-refractivity contribution < 1.29 is 8.78 Å². The van der Waals surface area contributed by atoms with Crippen molar-refractivity contribution in [1.82, 2.24) is 0 Å². The van der Waals surface area contributed by atoms with Gasteiger partial charge in [-0.3, -0.25) is 0 Å². The largest absolute Gasteiger partial charge is 0.376 e. The highest BCUT2D eigenvalue weighted by Crippen LogP contribution is 2.24. The van der Waals surface area contributed by atoms with E-state index in [-0.39, 0.29) is 5.69 Å². The zero-order chi connectivity index (χ0) is 14.0. The van der Waals surface area contributed by atoms with E-state index < -0.39 is 11.6 Å². The van der Waals surface area contributed by atoms with Gasteiger partial charge in [0.05, 0.1) is 0 Å². The molecule has 1 nitrogen and oxygen atoms in total. The second-order valence-electron chi connectivity index (χ2n) is 4.53. The van der Waals surface area contributed by atoms with Crippen molar-refractivity contribution in [2.45, 2.75) is 20.4 Å². The van der Waals surface area contributed by atoms with Crippen molar-refractivity contribution in [2.75, 3.05) is 5.32 Å². The van der Waals surface area contributed by atoms with Crippen LogP contribution in [-0.4, -0.2) is 0 Å². The van der Waals surface area contributed by atoms with Gasteiger partial charge in [-0.1, -0.05) is 39.7 Å². The van der Waals surface area contributed by atoms with Crippen LogP contribution in [-0.2, 0) is 6.54 Å². The van der Waals surface area contributed by atoms with Gasteiger partial charge in [0.1, 0.15) is 17.3 Å². The molecule has 2 aromatic carbocycles. The number of hydrogen-bond acceptors (Lipinski definition) is 1. The van der Waals surface area contributed by atoms with Crippen molar-refractivity contribution in [3.63, 3.8) is 0 Å². The summed E-state index contributed by atoms with van der Waals surface area (Å²) in [7, 11) is 0. The van der Waals surface area contributed by atoms with Crippen LogP contribution in [0.5, 0.6) is 0 Å². The van der Waals surface area contributed by atoms with Gasteiger partial charge >= 0.3 is 0 Å². The molecule has 0 bridgehead atoms. The third-order valence-corrected chi connectivity index (χ3v) is 3.42. The zero-order valence-corrected chi connectivity index (χ0v) is 12.3. The Morgan fingerprint density at radius 1 is 1.05 bits per heavy atom. The van der Waals surface area contributed by atoms with Gasteiger partial charge in [-0.2, -0.15) is 0 Å². The first-order valence-corrected chi connectivity index (χ1v) is 6.71. The lowest BCUT2D eigenvalue weighted by molar-refractivity contribution is 0.586. The topological polar surface area (TPSA) is 12.0 Å². The summed E-state index contributed by atoms with van der Waals surface area (Å²) in [5, 5.41) is 2.82. The van der Waals surface area contributed by atoms with E-state index >= 15 is 0 Å². The number of anilines is 1. The predicted octanol–water partition coefficient (Wildman–Crippen LogP) is 4.96. The molecule has 0 fully saturated rings. The standard InChI is InChI=1S/C15H14BrF2N/c1-9-3-4-10(2)11(5-9)8-19-15-13(17)6-12(16)7-14(15)18/h3-7,19H,8H2,1-2H3. The minimum atomic E-state index is -0.600. The fourth-order valence-corrected chi connectivity index (χ4v) is 2.29. The third kappa shape index (κ3) is 3.32. The average Bonchev–Trinajstić information content (AvgIpc) is 2.32. The number of hydrogen-bond donors (Lipinski definition) is 1. The van der Waals surface area contributed by atoms with Gasteiger partial charge in [-0.05, 0) is 37.1 Å². The van der Waals surface area contributed by atoms with E-state index in [0.29, 0.717) is 11.0 Å². The molecule has 0 spiro atoms. The smallest absolute Gasteiger partial charge is 0.150 e. The molecule has 0 aliphatic heterocycles. The molecule has 0 heterocycles. The summed E-state index contributed by atoms with van der Waals surface area (Å²) in [5.74, 6) is -1.20. The molecule has 0 aromatic heterocycles. The summed E-state index contributed by atoms with van der Waals surface area (Å²) >= 11 is 3.06. The first-order valence-electron chi connectivity index (χ1n) is 5.92. The van der Waals surface area contributed by atoms with Crippen LogP contribution in [0.4, 0.5) is 14.5 Å². The van der Waals surface area contributed by atoms with E-state index in [9.17, 15) is 8.78 Å². The second-order valence-corrected chi connectivity index (χ2v) is 5.44. The van der Waals surface area contributed by atoms with E-state index in [0.717, 1.165) is 16.7 Å². The van der Waals surface area contributed by atoms with Crippen LogP contribution in [0.1, 0.15) is 16.7 Å². The molecular weight excluding hydrogens is 312 g/mol. The molecule has 4 heteroatoms. The summed E-state index contributed by atoms with van der Waals surface area (Å²) in [5.41, 5.74) is 3.15. The van der Waals surface area contributed by atoms with Crippen LogP contribution in [0, 0.1) is 25.5 Å². The van der Waals surface area contributed by atoms with Gasteiger partial charge in [0.25, 0.3) is 0 Å². The Bertz CT molecular complexity index is 588. The van der Waals surface area contributed by atoms with Crippen LogP contribution in [0.2, 0.25) is 0 Å². The summed E-state index contributed by atoms with van der Waals surface area (Å²) in [6.07, 6.45) is 0. The van der Waals surface area contributed by atoms with Crippen molar-refractivity contribution in [2.24, 2.45) is 0 Å². The lowest BCUT2D eigenvalue weighted by Crippen LogP contribution is -2.05. The molecule has 100 valence electrons. The van der Waals surface area contributed by atoms with E-state index in [1.54, 1.807) is 0 Å². The molecule has 0 saturated heterocycles. The van der Waals surface area contributed by atoms with Gasteiger partial charge in [0, 0.05) is 11.0 Å². The molecule has 0 unspecified atom stereocenters. The quantitative estimate of drug-likeness (QED) is 0.841. The van der Waals surface area contributed by atoms with E-state index in [1.807, 2.05) is 32.0 Å². The normalized spacial score (nSPS) is 10.6. The van der Waals surface area contributed by atoms with Gasteiger partial charge in [-0.25, -0.2) is 8.78 Å². The molecular formula is C15H14BrF2N. The minimum Gasteiger partial charge on any atom is -0.376 e. The fraction of sp³-hybridized carbons (Fsp3) is 0.200. The van der Waals surface area contributed by atoms with E-state index in [4.69, 9.17) is 0 Å². The molecule has 0 radical (unpaired) electrons. The average molecular weight is 326 g/mol. The molecule has 1 N–H and O–H groups in total. The molecule has 2 rings (SSSR count).